The van der Waals surface area contributed by atoms with Gasteiger partial charge in [-0.1, -0.05) is 0 Å². The van der Waals surface area contributed by atoms with Gasteiger partial charge in [-0.2, -0.15) is 0 Å². The fraction of sp³-hybridized carbons (Fsp3) is 0.500. The average Bonchev–Trinajstić information content (AvgIpc) is 2.54. The van der Waals surface area contributed by atoms with Crippen LogP contribution in [-0.4, -0.2) is 48.9 Å². The quantitative estimate of drug-likeness (QED) is 0.866. The fourth-order valence-electron chi connectivity index (χ4n) is 2.90. The van der Waals surface area contributed by atoms with Crippen molar-refractivity contribution >= 4 is 11.9 Å². The second-order valence-corrected chi connectivity index (χ2v) is 5.78. The van der Waals surface area contributed by atoms with E-state index in [0.717, 1.165) is 0 Å². The van der Waals surface area contributed by atoms with E-state index in [1.54, 1.807) is 18.2 Å². The summed E-state index contributed by atoms with van der Waals surface area (Å²) >= 11 is 0. The van der Waals surface area contributed by atoms with E-state index in [0.29, 0.717) is 56.3 Å². The van der Waals surface area contributed by atoms with Crippen molar-refractivity contribution in [1.29, 1.82) is 0 Å². The number of fused-ring (bicyclic) bond motifs is 1. The Kier molecular flexibility index (Phi) is 4.38. The summed E-state index contributed by atoms with van der Waals surface area (Å²) in [6, 6.07) is 4.96. The zero-order chi connectivity index (χ0) is 16.3. The van der Waals surface area contributed by atoms with Gasteiger partial charge in [-0.05, 0) is 31.0 Å². The Bertz CT molecular complexity index is 609. The topological polar surface area (TPSA) is 94.1 Å². The highest BCUT2D eigenvalue weighted by Gasteiger charge is 2.36. The smallest absolute Gasteiger partial charge is 0.305 e. The molecule has 0 radical (unpaired) electrons. The predicted molar refractivity (Wildman–Crippen MR) is 79.9 cm³/mol. The third kappa shape index (κ3) is 3.56. The van der Waals surface area contributed by atoms with E-state index in [1.165, 1.54) is 0 Å². The van der Waals surface area contributed by atoms with Crippen molar-refractivity contribution in [3.05, 3.63) is 23.8 Å². The summed E-state index contributed by atoms with van der Waals surface area (Å²) in [6.45, 7) is 1.81. The van der Waals surface area contributed by atoms with E-state index >= 15 is 0 Å². The van der Waals surface area contributed by atoms with Gasteiger partial charge in [0.25, 0.3) is 5.91 Å². The van der Waals surface area contributed by atoms with Gasteiger partial charge in [-0.25, -0.2) is 0 Å². The van der Waals surface area contributed by atoms with Crippen LogP contribution in [-0.2, 0) is 9.53 Å². The van der Waals surface area contributed by atoms with Gasteiger partial charge in [0.05, 0.1) is 12.0 Å². The molecule has 2 N–H and O–H groups in total. The van der Waals surface area contributed by atoms with Gasteiger partial charge in [-0.15, -0.1) is 0 Å². The van der Waals surface area contributed by atoms with Gasteiger partial charge in [0, 0.05) is 18.8 Å². The lowest BCUT2D eigenvalue weighted by atomic mass is 9.86. The van der Waals surface area contributed by atoms with Crippen molar-refractivity contribution < 1.29 is 28.9 Å². The monoisotopic (exact) mass is 321 g/mol. The molecule has 23 heavy (non-hydrogen) atoms. The lowest BCUT2D eigenvalue weighted by Gasteiger charge is -2.36. The van der Waals surface area contributed by atoms with Gasteiger partial charge in [0.1, 0.15) is 13.2 Å². The van der Waals surface area contributed by atoms with Crippen molar-refractivity contribution in [3.8, 4) is 11.5 Å². The van der Waals surface area contributed by atoms with Crippen molar-refractivity contribution in [2.75, 3.05) is 26.4 Å². The molecule has 1 aromatic carbocycles. The summed E-state index contributed by atoms with van der Waals surface area (Å²) in [6.07, 6.45) is 0.845. The predicted octanol–water partition coefficient (Wildman–Crippen LogP) is 1.21. The number of aliphatic carboxylic acids is 1. The van der Waals surface area contributed by atoms with E-state index in [-0.39, 0.29) is 12.3 Å². The van der Waals surface area contributed by atoms with Crippen molar-refractivity contribution in [1.82, 2.24) is 5.32 Å². The largest absolute Gasteiger partial charge is 0.486 e. The van der Waals surface area contributed by atoms with Crippen molar-refractivity contribution in [2.45, 2.75) is 24.8 Å². The average molecular weight is 321 g/mol. The highest BCUT2D eigenvalue weighted by Crippen LogP contribution is 2.31. The van der Waals surface area contributed by atoms with Crippen LogP contribution >= 0.6 is 0 Å². The minimum Gasteiger partial charge on any atom is -0.486 e. The number of amides is 1. The van der Waals surface area contributed by atoms with Crippen molar-refractivity contribution in [2.24, 2.45) is 0 Å². The lowest BCUT2D eigenvalue weighted by Crippen LogP contribution is -2.53. The van der Waals surface area contributed by atoms with Crippen LogP contribution in [0.4, 0.5) is 0 Å². The van der Waals surface area contributed by atoms with Crippen LogP contribution in [0.15, 0.2) is 18.2 Å². The SMILES string of the molecule is O=C(O)CC1(NC(=O)c2ccc3c(c2)OCCO3)CCOCC1. The molecule has 2 heterocycles. The summed E-state index contributed by atoms with van der Waals surface area (Å²) in [5, 5.41) is 12.0. The fourth-order valence-corrected chi connectivity index (χ4v) is 2.90. The molecule has 1 fully saturated rings. The van der Waals surface area contributed by atoms with Crippen LogP contribution in [0, 0.1) is 0 Å². The molecule has 0 aliphatic carbocycles. The summed E-state index contributed by atoms with van der Waals surface area (Å²) in [4.78, 5) is 23.7. The molecule has 0 unspecified atom stereocenters. The van der Waals surface area contributed by atoms with Crippen LogP contribution < -0.4 is 14.8 Å². The van der Waals surface area contributed by atoms with Crippen LogP contribution in [0.2, 0.25) is 0 Å². The number of carboxylic acid groups (broad SMARTS) is 1. The summed E-state index contributed by atoms with van der Waals surface area (Å²) in [5.41, 5.74) is -0.348. The molecule has 124 valence electrons. The molecule has 1 saturated heterocycles. The second kappa shape index (κ2) is 6.45. The number of hydrogen-bond donors (Lipinski definition) is 2. The Morgan fingerprint density at radius 2 is 1.78 bits per heavy atom. The van der Waals surface area contributed by atoms with Crippen LogP contribution in [0.3, 0.4) is 0 Å². The Hall–Kier alpha value is -2.28. The number of carboxylic acids is 1. The maximum Gasteiger partial charge on any atom is 0.305 e. The molecule has 2 aliphatic rings. The number of ether oxygens (including phenoxy) is 3. The van der Waals surface area contributed by atoms with Crippen LogP contribution in [0.5, 0.6) is 11.5 Å². The molecule has 7 heteroatoms. The molecule has 0 saturated carbocycles. The van der Waals surface area contributed by atoms with Gasteiger partial charge >= 0.3 is 5.97 Å². The first-order chi connectivity index (χ1) is 11.1. The van der Waals surface area contributed by atoms with E-state index in [4.69, 9.17) is 19.3 Å². The highest BCUT2D eigenvalue weighted by molar-refractivity contribution is 5.95. The van der Waals surface area contributed by atoms with Crippen molar-refractivity contribution in [3.63, 3.8) is 0 Å². The summed E-state index contributed by atoms with van der Waals surface area (Å²) < 4.78 is 16.2. The lowest BCUT2D eigenvalue weighted by molar-refractivity contribution is -0.139. The Balaban J connectivity index is 1.77. The zero-order valence-electron chi connectivity index (χ0n) is 12.7. The number of nitrogens with one attached hydrogen (secondary N) is 1. The van der Waals surface area contributed by atoms with Gasteiger partial charge < -0.3 is 24.6 Å². The first kappa shape index (κ1) is 15.6. The minimum absolute atomic E-state index is 0.118. The summed E-state index contributed by atoms with van der Waals surface area (Å²) in [5.74, 6) is -0.109. The minimum atomic E-state index is -0.936. The summed E-state index contributed by atoms with van der Waals surface area (Å²) in [7, 11) is 0. The number of carbonyl (C=O) groups excluding carboxylic acids is 1. The Labute approximate surface area is 133 Å². The maximum atomic E-state index is 12.5. The highest BCUT2D eigenvalue weighted by atomic mass is 16.6. The van der Waals surface area contributed by atoms with Gasteiger partial charge in [-0.3, -0.25) is 9.59 Å². The molecule has 0 atom stereocenters. The first-order valence-corrected chi connectivity index (χ1v) is 7.60. The molecule has 0 aromatic heterocycles. The van der Waals surface area contributed by atoms with E-state index < -0.39 is 11.5 Å². The van der Waals surface area contributed by atoms with E-state index in [9.17, 15) is 9.59 Å². The number of benzene rings is 1. The zero-order valence-corrected chi connectivity index (χ0v) is 12.7. The third-order valence-electron chi connectivity index (χ3n) is 4.12. The standard InChI is InChI=1S/C16H19NO6/c18-14(19)10-16(3-5-21-6-4-16)17-15(20)11-1-2-12-13(9-11)23-8-7-22-12/h1-2,9H,3-8,10H2,(H,17,20)(H,18,19). The maximum absolute atomic E-state index is 12.5. The van der Waals surface area contributed by atoms with Gasteiger partial charge in [0.2, 0.25) is 0 Å². The third-order valence-corrected chi connectivity index (χ3v) is 4.12. The van der Waals surface area contributed by atoms with E-state index in [1.807, 2.05) is 0 Å². The first-order valence-electron chi connectivity index (χ1n) is 7.60. The molecule has 2 aliphatic heterocycles. The Morgan fingerprint density at radius 1 is 1.09 bits per heavy atom. The molecule has 0 spiro atoms. The number of carbonyl (C=O) groups is 2. The molecule has 0 bridgehead atoms. The molecule has 3 rings (SSSR count). The molecule has 1 amide bonds. The molecular formula is C16H19NO6. The molecule has 7 nitrogen and oxygen atoms in total. The van der Waals surface area contributed by atoms with Crippen LogP contribution in [0.25, 0.3) is 0 Å². The second-order valence-electron chi connectivity index (χ2n) is 5.78. The van der Waals surface area contributed by atoms with E-state index in [2.05, 4.69) is 5.32 Å². The number of hydrogen-bond acceptors (Lipinski definition) is 5. The molecule has 1 aromatic rings. The normalized spacial score (nSPS) is 19.0. The number of rotatable bonds is 4. The molecular weight excluding hydrogens is 302 g/mol. The van der Waals surface area contributed by atoms with Crippen LogP contribution in [0.1, 0.15) is 29.6 Å². The van der Waals surface area contributed by atoms with Gasteiger partial charge in [0.15, 0.2) is 11.5 Å². The Morgan fingerprint density at radius 3 is 2.48 bits per heavy atom.